The van der Waals surface area contributed by atoms with Crippen molar-refractivity contribution in [1.82, 2.24) is 5.32 Å². The number of hydrogen-bond acceptors (Lipinski definition) is 3. The van der Waals surface area contributed by atoms with E-state index in [1.54, 1.807) is 18.2 Å². The van der Waals surface area contributed by atoms with Crippen molar-refractivity contribution in [3.63, 3.8) is 0 Å². The number of benzene rings is 1. The Morgan fingerprint density at radius 3 is 2.68 bits per heavy atom. The number of carbonyl (C=O) groups excluding carboxylic acids is 1. The van der Waals surface area contributed by atoms with Gasteiger partial charge in [0.15, 0.2) is 0 Å². The lowest BCUT2D eigenvalue weighted by Gasteiger charge is -2.22. The molecule has 1 aliphatic rings. The van der Waals surface area contributed by atoms with Crippen LogP contribution in [0.5, 0.6) is 0 Å². The van der Waals surface area contributed by atoms with Crippen molar-refractivity contribution in [3.05, 3.63) is 34.3 Å². The predicted octanol–water partition coefficient (Wildman–Crippen LogP) is 1.83. The van der Waals surface area contributed by atoms with E-state index in [1.165, 1.54) is 0 Å². The van der Waals surface area contributed by atoms with Crippen LogP contribution in [0.1, 0.15) is 41.6 Å². The molecule has 0 unspecified atom stereocenters. The number of rotatable bonds is 5. The summed E-state index contributed by atoms with van der Waals surface area (Å²) in [6.07, 6.45) is 3.89. The largest absolute Gasteiger partial charge is 0.389 e. The lowest BCUT2D eigenvalue weighted by atomic mass is 10.0. The molecule has 2 rings (SSSR count). The molecule has 1 aromatic rings. The zero-order valence-corrected chi connectivity index (χ0v) is 11.5. The smallest absolute Gasteiger partial charge is 0.248 e. The van der Waals surface area contributed by atoms with Crippen molar-refractivity contribution >= 4 is 17.5 Å². The fraction of sp³-hybridized carbons (Fsp3) is 0.500. The van der Waals surface area contributed by atoms with E-state index in [-0.39, 0.29) is 0 Å². The van der Waals surface area contributed by atoms with E-state index in [0.29, 0.717) is 23.7 Å². The van der Waals surface area contributed by atoms with Gasteiger partial charge in [0, 0.05) is 23.7 Å². The Balaban J connectivity index is 1.91. The third kappa shape index (κ3) is 3.69. The highest BCUT2D eigenvalue weighted by atomic mass is 35.5. The van der Waals surface area contributed by atoms with Crippen molar-refractivity contribution in [2.45, 2.75) is 37.8 Å². The summed E-state index contributed by atoms with van der Waals surface area (Å²) in [5.41, 5.74) is 5.92. The zero-order chi connectivity index (χ0) is 13.9. The summed E-state index contributed by atoms with van der Waals surface area (Å²) in [5.74, 6) is -0.485. The number of halogens is 1. The first kappa shape index (κ1) is 14.3. The average molecular weight is 283 g/mol. The maximum Gasteiger partial charge on any atom is 0.248 e. The number of primary amides is 1. The van der Waals surface area contributed by atoms with Gasteiger partial charge in [-0.2, -0.15) is 0 Å². The summed E-state index contributed by atoms with van der Waals surface area (Å²) in [6.45, 7) is 1.14. The molecule has 4 N–H and O–H groups in total. The van der Waals surface area contributed by atoms with Crippen LogP contribution in [0.4, 0.5) is 0 Å². The molecule has 1 aromatic carbocycles. The third-order valence-electron chi connectivity index (χ3n) is 3.64. The topological polar surface area (TPSA) is 75.4 Å². The van der Waals surface area contributed by atoms with Crippen molar-refractivity contribution < 1.29 is 9.90 Å². The lowest BCUT2D eigenvalue weighted by Crippen LogP contribution is -2.37. The van der Waals surface area contributed by atoms with E-state index in [1.807, 2.05) is 0 Å². The van der Waals surface area contributed by atoms with Gasteiger partial charge in [0.1, 0.15) is 0 Å². The molecule has 0 aromatic heterocycles. The Labute approximate surface area is 117 Å². The number of hydrogen-bond donors (Lipinski definition) is 3. The van der Waals surface area contributed by atoms with Crippen LogP contribution in [-0.2, 0) is 6.54 Å². The molecule has 1 saturated carbocycles. The van der Waals surface area contributed by atoms with E-state index >= 15 is 0 Å². The highest BCUT2D eigenvalue weighted by Crippen LogP contribution is 2.28. The van der Waals surface area contributed by atoms with E-state index in [9.17, 15) is 9.90 Å². The summed E-state index contributed by atoms with van der Waals surface area (Å²) in [6, 6.07) is 5.02. The minimum Gasteiger partial charge on any atom is -0.389 e. The molecule has 0 atom stereocenters. The Hall–Kier alpha value is -1.10. The molecule has 0 aliphatic heterocycles. The van der Waals surface area contributed by atoms with Crippen LogP contribution >= 0.6 is 11.6 Å². The highest BCUT2D eigenvalue weighted by molar-refractivity contribution is 6.31. The second-order valence-corrected chi connectivity index (χ2v) is 5.61. The summed E-state index contributed by atoms with van der Waals surface area (Å²) < 4.78 is 0. The Morgan fingerprint density at radius 2 is 2.11 bits per heavy atom. The van der Waals surface area contributed by atoms with Crippen LogP contribution in [0.15, 0.2) is 18.2 Å². The van der Waals surface area contributed by atoms with Gasteiger partial charge in [-0.15, -0.1) is 0 Å². The van der Waals surface area contributed by atoms with Crippen LogP contribution in [0, 0.1) is 0 Å². The summed E-state index contributed by atoms with van der Waals surface area (Å²) in [5, 5.41) is 13.9. The predicted molar refractivity (Wildman–Crippen MR) is 75.1 cm³/mol. The average Bonchev–Trinajstić information content (AvgIpc) is 2.78. The van der Waals surface area contributed by atoms with Crippen molar-refractivity contribution in [1.29, 1.82) is 0 Å². The van der Waals surface area contributed by atoms with Gasteiger partial charge in [-0.1, -0.05) is 30.5 Å². The van der Waals surface area contributed by atoms with Crippen LogP contribution < -0.4 is 11.1 Å². The molecule has 5 heteroatoms. The second-order valence-electron chi connectivity index (χ2n) is 5.21. The van der Waals surface area contributed by atoms with Crippen molar-refractivity contribution in [3.8, 4) is 0 Å². The fourth-order valence-electron chi connectivity index (χ4n) is 2.48. The normalized spacial score (nSPS) is 17.6. The van der Waals surface area contributed by atoms with Gasteiger partial charge in [-0.3, -0.25) is 4.79 Å². The second kappa shape index (κ2) is 5.90. The molecule has 4 nitrogen and oxygen atoms in total. The number of carbonyl (C=O) groups is 1. The minimum atomic E-state index is -0.570. The van der Waals surface area contributed by atoms with E-state index in [2.05, 4.69) is 5.32 Å². The Morgan fingerprint density at radius 1 is 1.42 bits per heavy atom. The van der Waals surface area contributed by atoms with Gasteiger partial charge < -0.3 is 16.2 Å². The fourth-order valence-corrected chi connectivity index (χ4v) is 2.73. The SMILES string of the molecule is NC(=O)c1ccc(CNCC2(O)CCCC2)c(Cl)c1. The maximum absolute atomic E-state index is 11.0. The van der Waals surface area contributed by atoms with Gasteiger partial charge >= 0.3 is 0 Å². The standard InChI is InChI=1S/C14H19ClN2O2/c15-12-7-10(13(16)18)3-4-11(12)8-17-9-14(19)5-1-2-6-14/h3-4,7,17,19H,1-2,5-6,8-9H2,(H2,16,18). The third-order valence-corrected chi connectivity index (χ3v) is 3.99. The summed E-state index contributed by atoms with van der Waals surface area (Å²) >= 11 is 6.09. The molecule has 1 amide bonds. The molecule has 104 valence electrons. The van der Waals surface area contributed by atoms with Gasteiger partial charge in [-0.05, 0) is 30.5 Å². The molecular weight excluding hydrogens is 264 g/mol. The Kier molecular flexibility index (Phi) is 4.45. The molecule has 0 bridgehead atoms. The van der Waals surface area contributed by atoms with Crippen LogP contribution in [0.2, 0.25) is 5.02 Å². The van der Waals surface area contributed by atoms with Crippen molar-refractivity contribution in [2.24, 2.45) is 5.73 Å². The number of aliphatic hydroxyl groups is 1. The zero-order valence-electron chi connectivity index (χ0n) is 10.8. The number of nitrogens with two attached hydrogens (primary N) is 1. The molecular formula is C14H19ClN2O2. The Bertz CT molecular complexity index is 471. The number of amides is 1. The molecule has 0 spiro atoms. The van der Waals surface area contributed by atoms with Gasteiger partial charge in [0.05, 0.1) is 5.60 Å². The van der Waals surface area contributed by atoms with E-state index < -0.39 is 11.5 Å². The van der Waals surface area contributed by atoms with Crippen molar-refractivity contribution in [2.75, 3.05) is 6.54 Å². The first-order valence-corrected chi connectivity index (χ1v) is 6.89. The van der Waals surface area contributed by atoms with E-state index in [4.69, 9.17) is 17.3 Å². The monoisotopic (exact) mass is 282 g/mol. The quantitative estimate of drug-likeness (QED) is 0.771. The molecule has 19 heavy (non-hydrogen) atoms. The van der Waals surface area contributed by atoms with Gasteiger partial charge in [0.2, 0.25) is 5.91 Å². The molecule has 0 radical (unpaired) electrons. The first-order chi connectivity index (χ1) is 9.00. The molecule has 0 saturated heterocycles. The lowest BCUT2D eigenvalue weighted by molar-refractivity contribution is 0.0475. The van der Waals surface area contributed by atoms with E-state index in [0.717, 1.165) is 31.2 Å². The summed E-state index contributed by atoms with van der Waals surface area (Å²) in [4.78, 5) is 11.0. The maximum atomic E-state index is 11.0. The molecule has 0 heterocycles. The number of nitrogens with one attached hydrogen (secondary N) is 1. The van der Waals surface area contributed by atoms with Gasteiger partial charge in [0.25, 0.3) is 0 Å². The molecule has 1 aliphatic carbocycles. The highest BCUT2D eigenvalue weighted by Gasteiger charge is 2.30. The first-order valence-electron chi connectivity index (χ1n) is 6.51. The molecule has 1 fully saturated rings. The van der Waals surface area contributed by atoms with Crippen LogP contribution in [-0.4, -0.2) is 23.2 Å². The summed E-state index contributed by atoms with van der Waals surface area (Å²) in [7, 11) is 0. The van der Waals surface area contributed by atoms with Gasteiger partial charge in [-0.25, -0.2) is 0 Å². The minimum absolute atomic E-state index is 0.406. The van der Waals surface area contributed by atoms with Crippen LogP contribution in [0.25, 0.3) is 0 Å². The van der Waals surface area contributed by atoms with Crippen LogP contribution in [0.3, 0.4) is 0 Å².